The third-order valence-corrected chi connectivity index (χ3v) is 2.68. The SMILES string of the molecule is C=Cc1ccc(COc2ccccc2OC)cc1. The second-order valence-electron chi connectivity index (χ2n) is 3.89. The number of benzene rings is 2. The van der Waals surface area contributed by atoms with Gasteiger partial charge in [0.1, 0.15) is 6.61 Å². The fourth-order valence-corrected chi connectivity index (χ4v) is 1.65. The van der Waals surface area contributed by atoms with Crippen LogP contribution in [-0.4, -0.2) is 7.11 Å². The summed E-state index contributed by atoms with van der Waals surface area (Å²) < 4.78 is 11.0. The fraction of sp³-hybridized carbons (Fsp3) is 0.125. The van der Waals surface area contributed by atoms with Gasteiger partial charge >= 0.3 is 0 Å². The lowest BCUT2D eigenvalue weighted by molar-refractivity contribution is 0.284. The van der Waals surface area contributed by atoms with Crippen LogP contribution in [0.4, 0.5) is 0 Å². The van der Waals surface area contributed by atoms with E-state index in [2.05, 4.69) is 6.58 Å². The van der Waals surface area contributed by atoms with Crippen LogP contribution in [-0.2, 0) is 6.61 Å². The lowest BCUT2D eigenvalue weighted by atomic mass is 10.1. The number of methoxy groups -OCH3 is 1. The third kappa shape index (κ3) is 2.92. The molecule has 0 N–H and O–H groups in total. The molecule has 0 unspecified atom stereocenters. The molecular weight excluding hydrogens is 224 g/mol. The van der Waals surface area contributed by atoms with Crippen molar-refractivity contribution in [1.29, 1.82) is 0 Å². The molecule has 0 atom stereocenters. The zero-order valence-electron chi connectivity index (χ0n) is 10.4. The molecular formula is C16H16O2. The molecule has 0 heterocycles. The van der Waals surface area contributed by atoms with Crippen molar-refractivity contribution < 1.29 is 9.47 Å². The summed E-state index contributed by atoms with van der Waals surface area (Å²) in [6.07, 6.45) is 1.82. The Hall–Kier alpha value is -2.22. The smallest absolute Gasteiger partial charge is 0.161 e. The highest BCUT2D eigenvalue weighted by Gasteiger charge is 2.02. The summed E-state index contributed by atoms with van der Waals surface area (Å²) in [6, 6.07) is 15.7. The first-order valence-electron chi connectivity index (χ1n) is 5.80. The Morgan fingerprint density at radius 2 is 1.67 bits per heavy atom. The lowest BCUT2D eigenvalue weighted by Gasteiger charge is -2.10. The largest absolute Gasteiger partial charge is 0.493 e. The van der Waals surface area contributed by atoms with Crippen LogP contribution in [0.25, 0.3) is 6.08 Å². The van der Waals surface area contributed by atoms with Crippen LogP contribution in [0, 0.1) is 0 Å². The van der Waals surface area contributed by atoms with Gasteiger partial charge in [-0.05, 0) is 23.3 Å². The van der Waals surface area contributed by atoms with E-state index in [9.17, 15) is 0 Å². The second kappa shape index (κ2) is 5.92. The maximum Gasteiger partial charge on any atom is 0.161 e. The molecule has 2 aromatic carbocycles. The predicted molar refractivity (Wildman–Crippen MR) is 73.9 cm³/mol. The van der Waals surface area contributed by atoms with Gasteiger partial charge in [0.2, 0.25) is 0 Å². The molecule has 0 amide bonds. The van der Waals surface area contributed by atoms with Crippen LogP contribution < -0.4 is 9.47 Å². The maximum atomic E-state index is 5.74. The quantitative estimate of drug-likeness (QED) is 0.788. The van der Waals surface area contributed by atoms with Crippen molar-refractivity contribution in [2.45, 2.75) is 6.61 Å². The monoisotopic (exact) mass is 240 g/mol. The maximum absolute atomic E-state index is 5.74. The Labute approximate surface area is 107 Å². The summed E-state index contributed by atoms with van der Waals surface area (Å²) in [5, 5.41) is 0. The molecule has 0 radical (unpaired) electrons. The summed E-state index contributed by atoms with van der Waals surface area (Å²) in [6.45, 7) is 4.25. The van der Waals surface area contributed by atoms with Crippen molar-refractivity contribution >= 4 is 6.08 Å². The molecule has 2 heteroatoms. The van der Waals surface area contributed by atoms with Gasteiger partial charge in [-0.25, -0.2) is 0 Å². The van der Waals surface area contributed by atoms with E-state index in [4.69, 9.17) is 9.47 Å². The van der Waals surface area contributed by atoms with E-state index in [0.717, 1.165) is 22.6 Å². The molecule has 0 saturated carbocycles. The van der Waals surface area contributed by atoms with Crippen molar-refractivity contribution in [2.75, 3.05) is 7.11 Å². The van der Waals surface area contributed by atoms with Gasteiger partial charge in [0.25, 0.3) is 0 Å². The van der Waals surface area contributed by atoms with E-state index in [0.29, 0.717) is 6.61 Å². The van der Waals surface area contributed by atoms with Gasteiger partial charge in [-0.2, -0.15) is 0 Å². The molecule has 2 aromatic rings. The minimum atomic E-state index is 0.526. The first-order valence-corrected chi connectivity index (χ1v) is 5.80. The predicted octanol–water partition coefficient (Wildman–Crippen LogP) is 3.92. The molecule has 0 aliphatic carbocycles. The summed E-state index contributed by atoms with van der Waals surface area (Å²) in [5.41, 5.74) is 2.22. The van der Waals surface area contributed by atoms with E-state index >= 15 is 0 Å². The minimum Gasteiger partial charge on any atom is -0.493 e. The Kier molecular flexibility index (Phi) is 4.02. The van der Waals surface area contributed by atoms with E-state index in [-0.39, 0.29) is 0 Å². The van der Waals surface area contributed by atoms with Crippen molar-refractivity contribution in [2.24, 2.45) is 0 Å². The number of ether oxygens (including phenoxy) is 2. The topological polar surface area (TPSA) is 18.5 Å². The standard InChI is InChI=1S/C16H16O2/c1-3-13-8-10-14(11-9-13)12-18-16-7-5-4-6-15(16)17-2/h3-11H,1,12H2,2H3. The highest BCUT2D eigenvalue weighted by atomic mass is 16.5. The van der Waals surface area contributed by atoms with Crippen molar-refractivity contribution in [3.05, 3.63) is 66.2 Å². The molecule has 0 aliphatic rings. The summed E-state index contributed by atoms with van der Waals surface area (Å²) in [7, 11) is 1.64. The molecule has 0 aliphatic heterocycles. The average molecular weight is 240 g/mol. The Balaban J connectivity index is 2.04. The summed E-state index contributed by atoms with van der Waals surface area (Å²) in [5.74, 6) is 1.51. The highest BCUT2D eigenvalue weighted by Crippen LogP contribution is 2.26. The number of para-hydroxylation sites is 2. The molecule has 0 spiro atoms. The van der Waals surface area contributed by atoms with Crippen LogP contribution >= 0.6 is 0 Å². The average Bonchev–Trinajstić information content (AvgIpc) is 2.46. The van der Waals surface area contributed by atoms with Crippen LogP contribution in [0.1, 0.15) is 11.1 Å². The number of hydrogen-bond acceptors (Lipinski definition) is 2. The first-order chi connectivity index (χ1) is 8.83. The second-order valence-corrected chi connectivity index (χ2v) is 3.89. The van der Waals surface area contributed by atoms with E-state index in [1.54, 1.807) is 7.11 Å². The van der Waals surface area contributed by atoms with Crippen LogP contribution in [0.3, 0.4) is 0 Å². The van der Waals surface area contributed by atoms with E-state index < -0.39 is 0 Å². The highest BCUT2D eigenvalue weighted by molar-refractivity contribution is 5.47. The Bertz CT molecular complexity index is 515. The Morgan fingerprint density at radius 1 is 1.00 bits per heavy atom. The van der Waals surface area contributed by atoms with Crippen LogP contribution in [0.2, 0.25) is 0 Å². The minimum absolute atomic E-state index is 0.526. The van der Waals surface area contributed by atoms with Crippen molar-refractivity contribution in [3.8, 4) is 11.5 Å². The Morgan fingerprint density at radius 3 is 2.28 bits per heavy atom. The lowest BCUT2D eigenvalue weighted by Crippen LogP contribution is -1.97. The molecule has 0 bridgehead atoms. The first kappa shape index (κ1) is 12.2. The number of hydrogen-bond donors (Lipinski definition) is 0. The van der Waals surface area contributed by atoms with Crippen molar-refractivity contribution in [1.82, 2.24) is 0 Å². The van der Waals surface area contributed by atoms with Crippen molar-refractivity contribution in [3.63, 3.8) is 0 Å². The van der Waals surface area contributed by atoms with Gasteiger partial charge in [-0.3, -0.25) is 0 Å². The molecule has 18 heavy (non-hydrogen) atoms. The van der Waals surface area contributed by atoms with E-state index in [1.807, 2.05) is 54.6 Å². The molecule has 0 aromatic heterocycles. The zero-order valence-corrected chi connectivity index (χ0v) is 10.4. The molecule has 92 valence electrons. The third-order valence-electron chi connectivity index (χ3n) is 2.68. The van der Waals surface area contributed by atoms with Crippen LogP contribution in [0.15, 0.2) is 55.1 Å². The summed E-state index contributed by atoms with van der Waals surface area (Å²) >= 11 is 0. The fourth-order valence-electron chi connectivity index (χ4n) is 1.65. The summed E-state index contributed by atoms with van der Waals surface area (Å²) in [4.78, 5) is 0. The van der Waals surface area contributed by atoms with Crippen LogP contribution in [0.5, 0.6) is 11.5 Å². The molecule has 2 rings (SSSR count). The van der Waals surface area contributed by atoms with Gasteiger partial charge in [0, 0.05) is 0 Å². The molecule has 0 saturated heterocycles. The molecule has 0 fully saturated rings. The van der Waals surface area contributed by atoms with Gasteiger partial charge in [0.15, 0.2) is 11.5 Å². The number of rotatable bonds is 5. The van der Waals surface area contributed by atoms with Gasteiger partial charge in [-0.1, -0.05) is 49.1 Å². The molecule has 2 nitrogen and oxygen atoms in total. The zero-order chi connectivity index (χ0) is 12.8. The van der Waals surface area contributed by atoms with Gasteiger partial charge in [0.05, 0.1) is 7.11 Å². The van der Waals surface area contributed by atoms with Gasteiger partial charge < -0.3 is 9.47 Å². The normalized spacial score (nSPS) is 9.83. The van der Waals surface area contributed by atoms with E-state index in [1.165, 1.54) is 0 Å². The van der Waals surface area contributed by atoms with Gasteiger partial charge in [-0.15, -0.1) is 0 Å².